The minimum atomic E-state index is -2.16. The molecule has 0 bridgehead atoms. The molecule has 378 valence electrons. The first-order valence-electron chi connectivity index (χ1n) is 20.3. The number of amides is 7. The molecule has 1 aromatic rings. The highest BCUT2D eigenvalue weighted by atomic mass is 16.4. The number of carboxylic acid groups (broad SMARTS) is 5. The van der Waals surface area contributed by atoms with Gasteiger partial charge in [0, 0.05) is 19.3 Å². The molecule has 0 saturated heterocycles. The Morgan fingerprint density at radius 3 is 1.24 bits per heavy atom. The van der Waals surface area contributed by atoms with E-state index in [0.29, 0.717) is 0 Å². The van der Waals surface area contributed by atoms with Crippen molar-refractivity contribution in [3.8, 4) is 5.75 Å². The van der Waals surface area contributed by atoms with Crippen LogP contribution in [0.25, 0.3) is 0 Å². The Kier molecular flexibility index (Phi) is 24.0. The summed E-state index contributed by atoms with van der Waals surface area (Å²) in [5.74, 6) is -17.5. The summed E-state index contributed by atoms with van der Waals surface area (Å²) in [6.07, 6.45) is -11.0. The highest BCUT2D eigenvalue weighted by molar-refractivity contribution is 5.99. The van der Waals surface area contributed by atoms with Crippen molar-refractivity contribution in [2.75, 3.05) is 0 Å². The van der Waals surface area contributed by atoms with Crippen molar-refractivity contribution in [2.24, 2.45) is 5.73 Å². The van der Waals surface area contributed by atoms with Crippen LogP contribution in [0.2, 0.25) is 0 Å². The van der Waals surface area contributed by atoms with E-state index in [2.05, 4.69) is 16.0 Å². The summed E-state index contributed by atoms with van der Waals surface area (Å²) < 4.78 is 0. The molecule has 0 spiro atoms. The minimum absolute atomic E-state index is 0.203. The summed E-state index contributed by atoms with van der Waals surface area (Å²) in [6.45, 7) is 3.00. The standard InChI is InChI=1S/C39H56N8O21/c1-15(48)29(46-38(66)30(16(2)49)45-32(60)20(40)13-27(56)57)37(65)42-21(8-10-25(52)53)33(61)44-24(14-28(58)59)36(64)43-23(12-18-4-6-19(51)7-5-18)35(63)41-22(9-11-26(54)55)34(62)47-31(17(3)50)39(67)68/h4-7,15-17,20-24,29-31,48-51H,8-14,40H2,1-3H3,(H,41,63)(H,42,65)(H,43,64)(H,44,61)(H,45,60)(H,46,66)(H,47,62)(H,52,53)(H,54,55)(H,56,57)(H,58,59)(H,67,68)/t15-,16-,17-,20+,21+,22+,23+,24+,29+,30+,31+/m1/s1. The average molecular weight is 973 g/mol. The maximum atomic E-state index is 13.8. The van der Waals surface area contributed by atoms with Gasteiger partial charge in [-0.1, -0.05) is 12.1 Å². The number of hydrogen-bond donors (Lipinski definition) is 17. The number of carbonyl (C=O) groups excluding carboxylic acids is 7. The number of nitrogens with one attached hydrogen (secondary N) is 7. The topological polar surface area (TPSA) is 497 Å². The molecule has 18 N–H and O–H groups in total. The number of carbonyl (C=O) groups is 12. The number of carboxylic acids is 5. The molecule has 0 unspecified atom stereocenters. The van der Waals surface area contributed by atoms with E-state index in [1.165, 1.54) is 24.3 Å². The van der Waals surface area contributed by atoms with Crippen molar-refractivity contribution in [3.05, 3.63) is 29.8 Å². The first kappa shape index (κ1) is 58.5. The van der Waals surface area contributed by atoms with Crippen molar-refractivity contribution in [3.63, 3.8) is 0 Å². The van der Waals surface area contributed by atoms with Crippen molar-refractivity contribution >= 4 is 71.2 Å². The monoisotopic (exact) mass is 972 g/mol. The maximum Gasteiger partial charge on any atom is 0.328 e. The highest BCUT2D eigenvalue weighted by Crippen LogP contribution is 2.13. The minimum Gasteiger partial charge on any atom is -0.508 e. The summed E-state index contributed by atoms with van der Waals surface area (Å²) in [7, 11) is 0. The van der Waals surface area contributed by atoms with Gasteiger partial charge in [-0.05, 0) is 51.3 Å². The lowest BCUT2D eigenvalue weighted by atomic mass is 10.0. The zero-order chi connectivity index (χ0) is 52.2. The van der Waals surface area contributed by atoms with Crippen LogP contribution in [0.1, 0.15) is 64.9 Å². The number of benzene rings is 1. The second-order valence-corrected chi connectivity index (χ2v) is 15.3. The lowest BCUT2D eigenvalue weighted by Crippen LogP contribution is -2.63. The third-order valence-electron chi connectivity index (χ3n) is 9.48. The Bertz CT molecular complexity index is 2010. The number of phenols is 1. The normalized spacial score (nSPS) is 15.8. The summed E-state index contributed by atoms with van der Waals surface area (Å²) in [6, 6.07) is -10.5. The third-order valence-corrected chi connectivity index (χ3v) is 9.48. The number of aliphatic hydroxyl groups is 3. The number of rotatable bonds is 30. The fourth-order valence-corrected chi connectivity index (χ4v) is 5.85. The van der Waals surface area contributed by atoms with Gasteiger partial charge >= 0.3 is 29.8 Å². The van der Waals surface area contributed by atoms with Crippen molar-refractivity contribution in [1.29, 1.82) is 0 Å². The van der Waals surface area contributed by atoms with E-state index < -0.39 is 183 Å². The molecule has 0 aromatic heterocycles. The molecule has 0 saturated carbocycles. The third kappa shape index (κ3) is 20.8. The fraction of sp³-hybridized carbons (Fsp3) is 0.538. The summed E-state index contributed by atoms with van der Waals surface area (Å²) >= 11 is 0. The van der Waals surface area contributed by atoms with Gasteiger partial charge in [0.2, 0.25) is 41.4 Å². The van der Waals surface area contributed by atoms with Crippen LogP contribution < -0.4 is 43.0 Å². The van der Waals surface area contributed by atoms with Gasteiger partial charge in [-0.3, -0.25) is 52.7 Å². The van der Waals surface area contributed by atoms with Crippen molar-refractivity contribution < 1.29 is 103 Å². The van der Waals surface area contributed by atoms with E-state index in [1.54, 1.807) is 0 Å². The number of phenolic OH excluding ortho intramolecular Hbond substituents is 1. The zero-order valence-corrected chi connectivity index (χ0v) is 36.6. The van der Waals surface area contributed by atoms with E-state index in [0.717, 1.165) is 20.8 Å². The van der Waals surface area contributed by atoms with Gasteiger partial charge in [-0.15, -0.1) is 0 Å². The van der Waals surface area contributed by atoms with Crippen LogP contribution in [-0.2, 0) is 64.0 Å². The number of hydrogen-bond acceptors (Lipinski definition) is 17. The zero-order valence-electron chi connectivity index (χ0n) is 36.6. The van der Waals surface area contributed by atoms with Crippen molar-refractivity contribution in [1.82, 2.24) is 37.2 Å². The van der Waals surface area contributed by atoms with Crippen LogP contribution in [0.5, 0.6) is 5.75 Å². The molecule has 0 aliphatic heterocycles. The second-order valence-electron chi connectivity index (χ2n) is 15.3. The average Bonchev–Trinajstić information content (AvgIpc) is 3.22. The van der Waals surface area contributed by atoms with Gasteiger partial charge in [0.15, 0.2) is 6.04 Å². The molecule has 0 radical (unpaired) electrons. The molecule has 29 nitrogen and oxygen atoms in total. The predicted molar refractivity (Wildman–Crippen MR) is 224 cm³/mol. The quantitative estimate of drug-likeness (QED) is 0.0341. The Hall–Kier alpha value is -7.50. The smallest absolute Gasteiger partial charge is 0.328 e. The van der Waals surface area contributed by atoms with Crippen LogP contribution in [0.3, 0.4) is 0 Å². The van der Waals surface area contributed by atoms with Gasteiger partial charge in [-0.2, -0.15) is 0 Å². The highest BCUT2D eigenvalue weighted by Gasteiger charge is 2.37. The lowest BCUT2D eigenvalue weighted by Gasteiger charge is -2.28. The van der Waals surface area contributed by atoms with Crippen molar-refractivity contribution in [2.45, 2.75) is 132 Å². The van der Waals surface area contributed by atoms with Crippen LogP contribution in [0, 0.1) is 0 Å². The van der Waals surface area contributed by atoms with Crippen LogP contribution >= 0.6 is 0 Å². The van der Waals surface area contributed by atoms with Crippen LogP contribution in [0.4, 0.5) is 0 Å². The molecule has 0 aliphatic carbocycles. The SMILES string of the molecule is C[C@@H](O)[C@H](NC(=O)[C@H](CCC(=O)O)NC(=O)[C@H](Cc1ccc(O)cc1)NC(=O)[C@H](CC(=O)O)NC(=O)[C@H](CCC(=O)O)NC(=O)[C@@H](NC(=O)[C@@H](NC(=O)[C@@H](N)CC(=O)O)[C@@H](C)O)[C@@H](C)O)C(=O)O. The molecule has 11 atom stereocenters. The van der Waals surface area contributed by atoms with Gasteiger partial charge in [-0.25, -0.2) is 4.79 Å². The molecule has 1 aromatic carbocycles. The van der Waals surface area contributed by atoms with Gasteiger partial charge < -0.3 is 88.9 Å². The van der Waals surface area contributed by atoms with E-state index in [-0.39, 0.29) is 11.3 Å². The van der Waals surface area contributed by atoms with Crippen LogP contribution in [0.15, 0.2) is 24.3 Å². The Morgan fingerprint density at radius 1 is 0.456 bits per heavy atom. The summed E-state index contributed by atoms with van der Waals surface area (Å²) in [5.41, 5.74) is 5.70. The Morgan fingerprint density at radius 2 is 0.809 bits per heavy atom. The molecule has 1 rings (SSSR count). The molecular weight excluding hydrogens is 916 g/mol. The van der Waals surface area contributed by atoms with E-state index in [9.17, 15) is 98.4 Å². The number of nitrogens with two attached hydrogens (primary N) is 1. The number of aliphatic hydroxyl groups excluding tert-OH is 3. The Balaban J connectivity index is 3.56. The lowest BCUT2D eigenvalue weighted by molar-refractivity contribution is -0.145. The predicted octanol–water partition coefficient (Wildman–Crippen LogP) is -6.44. The molecule has 29 heteroatoms. The first-order chi connectivity index (χ1) is 31.5. The number of aromatic hydroxyl groups is 1. The van der Waals surface area contributed by atoms with Crippen LogP contribution in [-0.4, -0.2) is 184 Å². The Labute approximate surface area is 385 Å². The molecule has 7 amide bonds. The molecular formula is C39H56N8O21. The maximum absolute atomic E-state index is 13.8. The second kappa shape index (κ2) is 27.9. The van der Waals surface area contributed by atoms with Gasteiger partial charge in [0.1, 0.15) is 42.0 Å². The van der Waals surface area contributed by atoms with Gasteiger partial charge in [0.05, 0.1) is 37.2 Å². The molecule has 68 heavy (non-hydrogen) atoms. The first-order valence-corrected chi connectivity index (χ1v) is 20.3. The van der Waals surface area contributed by atoms with E-state index in [1.807, 2.05) is 21.3 Å². The summed E-state index contributed by atoms with van der Waals surface area (Å²) in [4.78, 5) is 151. The van der Waals surface area contributed by atoms with E-state index >= 15 is 0 Å². The molecule has 0 heterocycles. The molecule has 0 fully saturated rings. The fourth-order valence-electron chi connectivity index (χ4n) is 5.85. The largest absolute Gasteiger partial charge is 0.508 e. The van der Waals surface area contributed by atoms with E-state index in [4.69, 9.17) is 10.8 Å². The summed E-state index contributed by atoms with van der Waals surface area (Å²) in [5, 5.41) is 101. The molecule has 0 aliphatic rings. The van der Waals surface area contributed by atoms with Gasteiger partial charge in [0.25, 0.3) is 0 Å². The number of aliphatic carboxylic acids is 5.